The van der Waals surface area contributed by atoms with Crippen LogP contribution in [0, 0.1) is 0 Å². The zero-order valence-electron chi connectivity index (χ0n) is 28.6. The summed E-state index contributed by atoms with van der Waals surface area (Å²) in [5, 5.41) is 4.84. The maximum atomic E-state index is 5.33. The van der Waals surface area contributed by atoms with E-state index in [0.29, 0.717) is 17.5 Å². The van der Waals surface area contributed by atoms with E-state index in [1.165, 1.54) is 44.0 Å². The molecule has 2 heterocycles. The summed E-state index contributed by atoms with van der Waals surface area (Å²) in [5.74, 6) is 1.94. The summed E-state index contributed by atoms with van der Waals surface area (Å²) in [7, 11) is 0. The van der Waals surface area contributed by atoms with Crippen molar-refractivity contribution in [1.82, 2.24) is 19.5 Å². The summed E-state index contributed by atoms with van der Waals surface area (Å²) in [6, 6.07) is 64.3. The number of para-hydroxylation sites is 2. The molecule has 0 radical (unpaired) electrons. The largest absolute Gasteiger partial charge is 0.309 e. The van der Waals surface area contributed by atoms with Crippen LogP contribution in [0.15, 0.2) is 182 Å². The van der Waals surface area contributed by atoms with Crippen LogP contribution in [-0.2, 0) is 0 Å². The average molecular weight is 675 g/mol. The lowest BCUT2D eigenvalue weighted by molar-refractivity contribution is 1.07. The van der Waals surface area contributed by atoms with Crippen LogP contribution in [0.25, 0.3) is 106 Å². The van der Waals surface area contributed by atoms with Crippen LogP contribution in [0.4, 0.5) is 0 Å². The first kappa shape index (κ1) is 29.5. The zero-order valence-corrected chi connectivity index (χ0v) is 28.6. The van der Waals surface area contributed by atoms with E-state index in [9.17, 15) is 0 Å². The molecule has 0 bridgehead atoms. The third-order valence-corrected chi connectivity index (χ3v) is 10.6. The molecular weight excluding hydrogens is 645 g/mol. The van der Waals surface area contributed by atoms with Gasteiger partial charge in [-0.15, -0.1) is 0 Å². The van der Waals surface area contributed by atoms with Crippen molar-refractivity contribution in [3.05, 3.63) is 182 Å². The Morgan fingerprint density at radius 2 is 0.906 bits per heavy atom. The molecule has 1 aliphatic carbocycles. The van der Waals surface area contributed by atoms with E-state index in [1.54, 1.807) is 0 Å². The fraction of sp³-hybridized carbons (Fsp3) is 0. The maximum Gasteiger partial charge on any atom is 0.164 e. The van der Waals surface area contributed by atoms with E-state index in [1.807, 2.05) is 18.2 Å². The highest BCUT2D eigenvalue weighted by atomic mass is 15.0. The van der Waals surface area contributed by atoms with Gasteiger partial charge in [-0.2, -0.15) is 0 Å². The van der Waals surface area contributed by atoms with Gasteiger partial charge in [-0.1, -0.05) is 140 Å². The van der Waals surface area contributed by atoms with Crippen molar-refractivity contribution >= 4 is 32.6 Å². The second kappa shape index (κ2) is 11.7. The topological polar surface area (TPSA) is 43.6 Å². The molecule has 0 unspecified atom stereocenters. The van der Waals surface area contributed by atoms with E-state index < -0.39 is 0 Å². The van der Waals surface area contributed by atoms with Gasteiger partial charge < -0.3 is 4.57 Å². The lowest BCUT2D eigenvalue weighted by atomic mass is 9.90. The zero-order chi connectivity index (χ0) is 34.9. The summed E-state index contributed by atoms with van der Waals surface area (Å²) >= 11 is 0. The SMILES string of the molecule is c1ccc(-c2nc(-c3ccc4c(c3)c3ccccc3n4-c3ccccc3)nc(-c3ccc(-c4ccccc4)c4c3-c3cccc5cccc-4c35)n2)cc1. The monoisotopic (exact) mass is 674 g/mol. The Bertz CT molecular complexity index is 3030. The first-order valence-corrected chi connectivity index (χ1v) is 18.0. The van der Waals surface area contributed by atoms with Crippen LogP contribution in [-0.4, -0.2) is 19.5 Å². The molecule has 0 aliphatic heterocycles. The molecule has 246 valence electrons. The molecule has 0 saturated heterocycles. The van der Waals surface area contributed by atoms with Crippen molar-refractivity contribution in [2.75, 3.05) is 0 Å². The normalized spacial score (nSPS) is 11.8. The first-order chi connectivity index (χ1) is 26.3. The summed E-state index contributed by atoms with van der Waals surface area (Å²) in [5.41, 5.74) is 13.5. The molecule has 0 fully saturated rings. The number of nitrogens with zero attached hydrogens (tertiary/aromatic N) is 4. The minimum absolute atomic E-state index is 0.641. The Balaban J connectivity index is 1.17. The van der Waals surface area contributed by atoms with E-state index in [-0.39, 0.29) is 0 Å². The van der Waals surface area contributed by atoms with Gasteiger partial charge in [0.2, 0.25) is 0 Å². The van der Waals surface area contributed by atoms with Gasteiger partial charge in [-0.25, -0.2) is 15.0 Å². The van der Waals surface area contributed by atoms with Gasteiger partial charge in [-0.05, 0) is 81.1 Å². The molecule has 0 amide bonds. The summed E-state index contributed by atoms with van der Waals surface area (Å²) < 4.78 is 2.33. The number of benzene rings is 8. The van der Waals surface area contributed by atoms with Crippen molar-refractivity contribution in [2.24, 2.45) is 0 Å². The molecule has 10 aromatic rings. The molecule has 4 nitrogen and oxygen atoms in total. The van der Waals surface area contributed by atoms with Crippen molar-refractivity contribution in [3.8, 4) is 73.2 Å². The van der Waals surface area contributed by atoms with E-state index >= 15 is 0 Å². The van der Waals surface area contributed by atoms with Gasteiger partial charge in [0.1, 0.15) is 0 Å². The van der Waals surface area contributed by atoms with Crippen molar-refractivity contribution in [2.45, 2.75) is 0 Å². The first-order valence-electron chi connectivity index (χ1n) is 18.0. The second-order valence-corrected chi connectivity index (χ2v) is 13.6. The third kappa shape index (κ3) is 4.59. The molecule has 0 atom stereocenters. The quantitative estimate of drug-likeness (QED) is 0.182. The van der Waals surface area contributed by atoms with Gasteiger partial charge in [0, 0.05) is 38.7 Å². The van der Waals surface area contributed by atoms with Crippen molar-refractivity contribution < 1.29 is 0 Å². The molecule has 4 heteroatoms. The maximum absolute atomic E-state index is 5.33. The number of fused-ring (bicyclic) bond motifs is 6. The standard InChI is InChI=1S/C49H30N4/c1-4-14-31(15-5-1)36-27-28-40(46-39-24-13-19-32-18-12-23-38(44(32)39)45(36)46)49-51-47(33-16-6-2-7-17-33)50-48(52-49)34-26-29-43-41(30-34)37-22-10-11-25-42(37)53(43)35-20-8-3-9-21-35/h1-30H. The molecule has 1 aliphatic rings. The Morgan fingerprint density at radius 1 is 0.340 bits per heavy atom. The Hall–Kier alpha value is -7.17. The van der Waals surface area contributed by atoms with Gasteiger partial charge in [-0.3, -0.25) is 0 Å². The molecule has 53 heavy (non-hydrogen) atoms. The summed E-state index contributed by atoms with van der Waals surface area (Å²) in [4.78, 5) is 15.7. The van der Waals surface area contributed by atoms with Gasteiger partial charge in [0.15, 0.2) is 17.5 Å². The number of hydrogen-bond acceptors (Lipinski definition) is 3. The van der Waals surface area contributed by atoms with Gasteiger partial charge in [0.05, 0.1) is 11.0 Å². The fourth-order valence-electron chi connectivity index (χ4n) is 8.27. The van der Waals surface area contributed by atoms with Crippen molar-refractivity contribution in [1.29, 1.82) is 0 Å². The number of aromatic nitrogens is 4. The fourth-order valence-corrected chi connectivity index (χ4v) is 8.27. The summed E-state index contributed by atoms with van der Waals surface area (Å²) in [6.45, 7) is 0. The van der Waals surface area contributed by atoms with E-state index in [2.05, 4.69) is 168 Å². The van der Waals surface area contributed by atoms with Crippen LogP contribution in [0.2, 0.25) is 0 Å². The Kier molecular flexibility index (Phi) is 6.52. The highest BCUT2D eigenvalue weighted by molar-refractivity contribution is 6.20. The van der Waals surface area contributed by atoms with Gasteiger partial charge in [0.25, 0.3) is 0 Å². The molecule has 2 aromatic heterocycles. The number of hydrogen-bond donors (Lipinski definition) is 0. The molecular formula is C49H30N4. The summed E-state index contributed by atoms with van der Waals surface area (Å²) in [6.07, 6.45) is 0. The lowest BCUT2D eigenvalue weighted by Crippen LogP contribution is -2.01. The highest BCUT2D eigenvalue weighted by Gasteiger charge is 2.29. The minimum atomic E-state index is 0.641. The van der Waals surface area contributed by atoms with Crippen LogP contribution in [0.5, 0.6) is 0 Å². The highest BCUT2D eigenvalue weighted by Crippen LogP contribution is 2.54. The van der Waals surface area contributed by atoms with Crippen LogP contribution in [0.3, 0.4) is 0 Å². The number of rotatable bonds is 5. The smallest absolute Gasteiger partial charge is 0.164 e. The van der Waals surface area contributed by atoms with Gasteiger partial charge >= 0.3 is 0 Å². The lowest BCUT2D eigenvalue weighted by Gasteiger charge is -2.16. The second-order valence-electron chi connectivity index (χ2n) is 13.6. The molecule has 8 aromatic carbocycles. The third-order valence-electron chi connectivity index (χ3n) is 10.6. The molecule has 0 saturated carbocycles. The molecule has 0 spiro atoms. The van der Waals surface area contributed by atoms with Crippen LogP contribution < -0.4 is 0 Å². The Labute approximate surface area is 306 Å². The Morgan fingerprint density at radius 3 is 1.64 bits per heavy atom. The van der Waals surface area contributed by atoms with Crippen molar-refractivity contribution in [3.63, 3.8) is 0 Å². The predicted molar refractivity (Wildman–Crippen MR) is 218 cm³/mol. The molecule has 0 N–H and O–H groups in total. The minimum Gasteiger partial charge on any atom is -0.309 e. The molecule has 11 rings (SSSR count). The average Bonchev–Trinajstić information content (AvgIpc) is 3.75. The van der Waals surface area contributed by atoms with E-state index in [0.717, 1.165) is 44.4 Å². The van der Waals surface area contributed by atoms with Crippen LogP contribution >= 0.6 is 0 Å². The predicted octanol–water partition coefficient (Wildman–Crippen LogP) is 12.4. The van der Waals surface area contributed by atoms with E-state index in [4.69, 9.17) is 15.0 Å². The van der Waals surface area contributed by atoms with Crippen LogP contribution in [0.1, 0.15) is 0 Å².